The molecular formula is C15H25NOS. The van der Waals surface area contributed by atoms with E-state index in [2.05, 4.69) is 36.5 Å². The van der Waals surface area contributed by atoms with E-state index >= 15 is 0 Å². The molecule has 0 saturated carbocycles. The fourth-order valence-corrected chi connectivity index (χ4v) is 2.61. The number of benzene rings is 1. The first kappa shape index (κ1) is 15.5. The van der Waals surface area contributed by atoms with Gasteiger partial charge in [0.25, 0.3) is 0 Å². The summed E-state index contributed by atoms with van der Waals surface area (Å²) in [4.78, 5) is 1.40. The molecule has 2 nitrogen and oxygen atoms in total. The van der Waals surface area contributed by atoms with Crippen LogP contribution < -0.4 is 5.32 Å². The Morgan fingerprint density at radius 2 is 2.00 bits per heavy atom. The van der Waals surface area contributed by atoms with Crippen LogP contribution in [0, 0.1) is 6.92 Å². The molecule has 0 radical (unpaired) electrons. The lowest BCUT2D eigenvalue weighted by molar-refractivity contribution is 0.143. The monoisotopic (exact) mass is 267 g/mol. The van der Waals surface area contributed by atoms with E-state index in [0.717, 1.165) is 38.5 Å². The Labute approximate surface area is 116 Å². The molecule has 0 spiro atoms. The van der Waals surface area contributed by atoms with Gasteiger partial charge in [0.15, 0.2) is 0 Å². The minimum absolute atomic E-state index is 0.834. The highest BCUT2D eigenvalue weighted by Gasteiger charge is 1.97. The molecule has 0 unspecified atom stereocenters. The molecule has 0 aliphatic carbocycles. The average molecular weight is 267 g/mol. The first-order valence-corrected chi connectivity index (χ1v) is 7.80. The molecule has 0 fully saturated rings. The van der Waals surface area contributed by atoms with Crippen LogP contribution in [0.1, 0.15) is 25.3 Å². The van der Waals surface area contributed by atoms with E-state index in [9.17, 15) is 0 Å². The number of hydrogen-bond donors (Lipinski definition) is 1. The maximum Gasteiger partial charge on any atom is 0.0466 e. The SMILES string of the molecule is CCOCCCCNCCSc1ccccc1C. The summed E-state index contributed by atoms with van der Waals surface area (Å²) < 4.78 is 5.30. The van der Waals surface area contributed by atoms with E-state index in [-0.39, 0.29) is 0 Å². The van der Waals surface area contributed by atoms with Crippen LogP contribution >= 0.6 is 11.8 Å². The lowest BCUT2D eigenvalue weighted by atomic mass is 10.2. The highest BCUT2D eigenvalue weighted by atomic mass is 32.2. The van der Waals surface area contributed by atoms with Crippen molar-refractivity contribution in [1.29, 1.82) is 0 Å². The third-order valence-electron chi connectivity index (χ3n) is 2.73. The number of nitrogens with one attached hydrogen (secondary N) is 1. The van der Waals surface area contributed by atoms with Crippen molar-refractivity contribution in [3.05, 3.63) is 29.8 Å². The zero-order chi connectivity index (χ0) is 13.1. The normalized spacial score (nSPS) is 10.8. The van der Waals surface area contributed by atoms with Crippen molar-refractivity contribution >= 4 is 11.8 Å². The Morgan fingerprint density at radius 3 is 2.78 bits per heavy atom. The van der Waals surface area contributed by atoms with Crippen molar-refractivity contribution in [2.24, 2.45) is 0 Å². The van der Waals surface area contributed by atoms with Crippen molar-refractivity contribution < 1.29 is 4.74 Å². The lowest BCUT2D eigenvalue weighted by Gasteiger charge is -2.06. The molecule has 0 aromatic heterocycles. The minimum Gasteiger partial charge on any atom is -0.382 e. The Balaban J connectivity index is 1.94. The van der Waals surface area contributed by atoms with Crippen LogP contribution in [0.5, 0.6) is 0 Å². The Bertz CT molecular complexity index is 317. The lowest BCUT2D eigenvalue weighted by Crippen LogP contribution is -2.18. The van der Waals surface area contributed by atoms with Crippen LogP contribution in [-0.4, -0.2) is 32.1 Å². The van der Waals surface area contributed by atoms with Gasteiger partial charge in [0.05, 0.1) is 0 Å². The van der Waals surface area contributed by atoms with Crippen molar-refractivity contribution in [2.75, 3.05) is 32.1 Å². The standard InChI is InChI=1S/C15H25NOS/c1-3-17-12-7-6-10-16-11-13-18-15-9-5-4-8-14(15)2/h4-5,8-9,16H,3,6-7,10-13H2,1-2H3. The van der Waals surface area contributed by atoms with Gasteiger partial charge >= 0.3 is 0 Å². The fourth-order valence-electron chi connectivity index (χ4n) is 1.67. The molecule has 0 amide bonds. The van der Waals surface area contributed by atoms with Gasteiger partial charge in [0.1, 0.15) is 0 Å². The van der Waals surface area contributed by atoms with E-state index in [1.807, 2.05) is 18.7 Å². The third kappa shape index (κ3) is 7.04. The molecule has 0 aliphatic rings. The summed E-state index contributed by atoms with van der Waals surface area (Å²) >= 11 is 1.93. The number of thioether (sulfide) groups is 1. The van der Waals surface area contributed by atoms with Crippen LogP contribution in [0.2, 0.25) is 0 Å². The minimum atomic E-state index is 0.834. The van der Waals surface area contributed by atoms with E-state index in [4.69, 9.17) is 4.74 Å². The zero-order valence-electron chi connectivity index (χ0n) is 11.6. The molecule has 0 heterocycles. The summed E-state index contributed by atoms with van der Waals surface area (Å²) in [5, 5.41) is 3.48. The first-order chi connectivity index (χ1) is 8.84. The van der Waals surface area contributed by atoms with Gasteiger partial charge in [-0.05, 0) is 44.9 Å². The van der Waals surface area contributed by atoms with E-state index in [1.54, 1.807) is 0 Å². The Morgan fingerprint density at radius 1 is 1.17 bits per heavy atom. The molecule has 102 valence electrons. The third-order valence-corrected chi connectivity index (χ3v) is 3.90. The van der Waals surface area contributed by atoms with Gasteiger partial charge in [-0.1, -0.05) is 18.2 Å². The molecule has 1 N–H and O–H groups in total. The summed E-state index contributed by atoms with van der Waals surface area (Å²) in [5.74, 6) is 1.14. The van der Waals surface area contributed by atoms with E-state index < -0.39 is 0 Å². The number of ether oxygens (including phenoxy) is 1. The molecule has 0 aliphatic heterocycles. The van der Waals surface area contributed by atoms with Crippen LogP contribution in [0.15, 0.2) is 29.2 Å². The van der Waals surface area contributed by atoms with Crippen molar-refractivity contribution in [1.82, 2.24) is 5.32 Å². The summed E-state index contributed by atoms with van der Waals surface area (Å²) in [7, 11) is 0. The van der Waals surface area contributed by atoms with Gasteiger partial charge in [0, 0.05) is 30.4 Å². The Kier molecular flexibility index (Phi) is 9.00. The summed E-state index contributed by atoms with van der Waals surface area (Å²) in [6.45, 7) is 8.12. The molecule has 1 aromatic carbocycles. The van der Waals surface area contributed by atoms with Gasteiger partial charge in [-0.15, -0.1) is 11.8 Å². The average Bonchev–Trinajstić information content (AvgIpc) is 2.39. The van der Waals surface area contributed by atoms with Gasteiger partial charge in [-0.3, -0.25) is 0 Å². The molecule has 3 heteroatoms. The fraction of sp³-hybridized carbons (Fsp3) is 0.600. The van der Waals surface area contributed by atoms with Gasteiger partial charge in [0.2, 0.25) is 0 Å². The van der Waals surface area contributed by atoms with Gasteiger partial charge in [-0.2, -0.15) is 0 Å². The van der Waals surface area contributed by atoms with Gasteiger partial charge in [-0.25, -0.2) is 0 Å². The number of hydrogen-bond acceptors (Lipinski definition) is 3. The highest BCUT2D eigenvalue weighted by molar-refractivity contribution is 7.99. The van der Waals surface area contributed by atoms with Crippen LogP contribution in [0.25, 0.3) is 0 Å². The first-order valence-electron chi connectivity index (χ1n) is 6.81. The number of rotatable bonds is 10. The van der Waals surface area contributed by atoms with Crippen LogP contribution in [0.3, 0.4) is 0 Å². The molecule has 18 heavy (non-hydrogen) atoms. The second kappa shape index (κ2) is 10.4. The predicted octanol–water partition coefficient (Wildman–Crippen LogP) is 3.49. The highest BCUT2D eigenvalue weighted by Crippen LogP contribution is 2.20. The summed E-state index contributed by atoms with van der Waals surface area (Å²) in [5.41, 5.74) is 1.37. The second-order valence-electron chi connectivity index (χ2n) is 4.27. The maximum absolute atomic E-state index is 5.30. The molecule has 0 bridgehead atoms. The summed E-state index contributed by atoms with van der Waals surface area (Å²) in [6.07, 6.45) is 2.36. The molecule has 0 saturated heterocycles. The quantitative estimate of drug-likeness (QED) is 0.518. The molecular weight excluding hydrogens is 242 g/mol. The largest absolute Gasteiger partial charge is 0.382 e. The molecule has 1 rings (SSSR count). The van der Waals surface area contributed by atoms with Crippen molar-refractivity contribution in [2.45, 2.75) is 31.6 Å². The smallest absolute Gasteiger partial charge is 0.0466 e. The Hall–Kier alpha value is -0.510. The van der Waals surface area contributed by atoms with Crippen LogP contribution in [0.4, 0.5) is 0 Å². The predicted molar refractivity (Wildman–Crippen MR) is 80.5 cm³/mol. The second-order valence-corrected chi connectivity index (χ2v) is 5.40. The molecule has 0 atom stereocenters. The topological polar surface area (TPSA) is 21.3 Å². The maximum atomic E-state index is 5.30. The van der Waals surface area contributed by atoms with Crippen molar-refractivity contribution in [3.63, 3.8) is 0 Å². The van der Waals surface area contributed by atoms with E-state index in [1.165, 1.54) is 16.9 Å². The van der Waals surface area contributed by atoms with Crippen LogP contribution in [-0.2, 0) is 4.74 Å². The van der Waals surface area contributed by atoms with E-state index in [0.29, 0.717) is 0 Å². The number of unbranched alkanes of at least 4 members (excludes halogenated alkanes) is 1. The van der Waals surface area contributed by atoms with Crippen molar-refractivity contribution in [3.8, 4) is 0 Å². The van der Waals surface area contributed by atoms with Gasteiger partial charge < -0.3 is 10.1 Å². The molecule has 1 aromatic rings. The summed E-state index contributed by atoms with van der Waals surface area (Å²) in [6, 6.07) is 8.57. The zero-order valence-corrected chi connectivity index (χ0v) is 12.4. The number of aryl methyl sites for hydroxylation is 1.